The molecule has 13 heavy (non-hydrogen) atoms. The molecule has 0 aliphatic heterocycles. The minimum absolute atomic E-state index is 0.253. The molecule has 4 heteroatoms. The predicted molar refractivity (Wildman–Crippen MR) is 54.3 cm³/mol. The lowest BCUT2D eigenvalue weighted by molar-refractivity contribution is -0.139. The third-order valence-corrected chi connectivity index (χ3v) is 2.33. The average Bonchev–Trinajstić information content (AvgIpc) is 2.11. The minimum atomic E-state index is -0.253. The molecule has 0 unspecified atom stereocenters. The van der Waals surface area contributed by atoms with Gasteiger partial charge in [-0.25, -0.2) is 0 Å². The van der Waals surface area contributed by atoms with Crippen LogP contribution in [-0.2, 0) is 16.0 Å². The maximum Gasteiger partial charge on any atom is 0.309 e. The first kappa shape index (κ1) is 10.1. The summed E-state index contributed by atoms with van der Waals surface area (Å²) in [5, 5.41) is 0. The second-order valence-electron chi connectivity index (χ2n) is 2.61. The van der Waals surface area contributed by atoms with Crippen molar-refractivity contribution in [2.24, 2.45) is 0 Å². The van der Waals surface area contributed by atoms with E-state index >= 15 is 0 Å². The fourth-order valence-electron chi connectivity index (χ4n) is 0.919. The van der Waals surface area contributed by atoms with E-state index in [0.717, 1.165) is 10.0 Å². The molecule has 0 amide bonds. The van der Waals surface area contributed by atoms with Crippen LogP contribution in [0.2, 0.25) is 0 Å². The van der Waals surface area contributed by atoms with Crippen LogP contribution in [0, 0.1) is 0 Å². The number of hydrogen-bond acceptors (Lipinski definition) is 3. The van der Waals surface area contributed by atoms with E-state index in [0.29, 0.717) is 5.69 Å². The Balaban J connectivity index is 2.79. The molecule has 70 valence electrons. The average molecular weight is 244 g/mol. The zero-order valence-corrected chi connectivity index (χ0v) is 8.80. The summed E-state index contributed by atoms with van der Waals surface area (Å²) in [4.78, 5) is 10.9. The number of carbonyl (C=O) groups is 1. The van der Waals surface area contributed by atoms with Gasteiger partial charge in [0.25, 0.3) is 0 Å². The molecule has 0 saturated carbocycles. The smallest absolute Gasteiger partial charge is 0.309 e. The van der Waals surface area contributed by atoms with Gasteiger partial charge in [-0.15, -0.1) is 0 Å². The van der Waals surface area contributed by atoms with Crippen molar-refractivity contribution in [1.82, 2.24) is 0 Å². The molecule has 0 saturated heterocycles. The number of benzene rings is 1. The summed E-state index contributed by atoms with van der Waals surface area (Å²) < 4.78 is 5.34. The molecular formula is C9H10BrNO2. The third-order valence-electron chi connectivity index (χ3n) is 1.64. The van der Waals surface area contributed by atoms with Crippen LogP contribution >= 0.6 is 15.9 Å². The number of nitrogens with two attached hydrogens (primary N) is 1. The summed E-state index contributed by atoms with van der Waals surface area (Å²) in [6.07, 6.45) is 0.273. The number of ether oxygens (including phenoxy) is 1. The molecule has 1 aromatic carbocycles. The molecule has 0 bridgehead atoms. The first-order valence-electron chi connectivity index (χ1n) is 3.74. The summed E-state index contributed by atoms with van der Waals surface area (Å²) in [6.45, 7) is 0. The Morgan fingerprint density at radius 1 is 1.62 bits per heavy atom. The molecule has 1 aromatic rings. The van der Waals surface area contributed by atoms with Crippen molar-refractivity contribution in [3.05, 3.63) is 28.2 Å². The summed E-state index contributed by atoms with van der Waals surface area (Å²) in [6, 6.07) is 5.37. The lowest BCUT2D eigenvalue weighted by Gasteiger charge is -2.02. The van der Waals surface area contributed by atoms with Crippen LogP contribution in [0.15, 0.2) is 22.7 Å². The van der Waals surface area contributed by atoms with Crippen molar-refractivity contribution in [1.29, 1.82) is 0 Å². The van der Waals surface area contributed by atoms with Crippen LogP contribution in [0.1, 0.15) is 5.56 Å². The van der Waals surface area contributed by atoms with Crippen molar-refractivity contribution in [3.63, 3.8) is 0 Å². The van der Waals surface area contributed by atoms with E-state index in [1.54, 1.807) is 12.1 Å². The fourth-order valence-corrected chi connectivity index (χ4v) is 1.35. The van der Waals surface area contributed by atoms with Gasteiger partial charge in [-0.1, -0.05) is 6.07 Å². The molecule has 0 aromatic heterocycles. The highest BCUT2D eigenvalue weighted by Crippen LogP contribution is 2.20. The lowest BCUT2D eigenvalue weighted by atomic mass is 10.1. The van der Waals surface area contributed by atoms with Crippen molar-refractivity contribution >= 4 is 27.6 Å². The standard InChI is InChI=1S/C9H10BrNO2/c1-13-9(12)5-6-2-3-8(11)7(10)4-6/h2-4H,5,11H2,1H3. The Kier molecular flexibility index (Phi) is 3.31. The number of nitrogen functional groups attached to an aromatic ring is 1. The third kappa shape index (κ3) is 2.73. The minimum Gasteiger partial charge on any atom is -0.469 e. The Morgan fingerprint density at radius 2 is 2.31 bits per heavy atom. The first-order valence-corrected chi connectivity index (χ1v) is 4.53. The molecule has 1 rings (SSSR count). The van der Waals surface area contributed by atoms with Gasteiger partial charge in [0, 0.05) is 10.2 Å². The molecule has 2 N–H and O–H groups in total. The Bertz CT molecular complexity index is 325. The van der Waals surface area contributed by atoms with E-state index in [1.807, 2.05) is 6.07 Å². The van der Waals surface area contributed by atoms with Gasteiger partial charge in [0.15, 0.2) is 0 Å². The van der Waals surface area contributed by atoms with Gasteiger partial charge >= 0.3 is 5.97 Å². The highest BCUT2D eigenvalue weighted by atomic mass is 79.9. The zero-order chi connectivity index (χ0) is 9.84. The zero-order valence-electron chi connectivity index (χ0n) is 7.21. The Hall–Kier alpha value is -1.03. The van der Waals surface area contributed by atoms with Gasteiger partial charge in [-0.05, 0) is 33.6 Å². The van der Waals surface area contributed by atoms with E-state index in [2.05, 4.69) is 20.7 Å². The highest BCUT2D eigenvalue weighted by molar-refractivity contribution is 9.10. The second kappa shape index (κ2) is 4.28. The van der Waals surface area contributed by atoms with Crippen LogP contribution in [0.3, 0.4) is 0 Å². The van der Waals surface area contributed by atoms with Gasteiger partial charge < -0.3 is 10.5 Å². The maximum absolute atomic E-state index is 10.9. The molecule has 0 spiro atoms. The fraction of sp³-hybridized carbons (Fsp3) is 0.222. The summed E-state index contributed by atoms with van der Waals surface area (Å²) in [5.41, 5.74) is 7.13. The van der Waals surface area contributed by atoms with E-state index in [1.165, 1.54) is 7.11 Å². The van der Waals surface area contributed by atoms with Gasteiger partial charge in [0.2, 0.25) is 0 Å². The number of carbonyl (C=O) groups excluding carboxylic acids is 1. The number of halogens is 1. The largest absolute Gasteiger partial charge is 0.469 e. The Labute approximate surface area is 85.0 Å². The topological polar surface area (TPSA) is 52.3 Å². The monoisotopic (exact) mass is 243 g/mol. The maximum atomic E-state index is 10.9. The number of rotatable bonds is 2. The normalized spacial score (nSPS) is 9.69. The van der Waals surface area contributed by atoms with Crippen molar-refractivity contribution < 1.29 is 9.53 Å². The van der Waals surface area contributed by atoms with E-state index in [4.69, 9.17) is 5.73 Å². The molecular weight excluding hydrogens is 234 g/mol. The van der Waals surface area contributed by atoms with E-state index < -0.39 is 0 Å². The van der Waals surface area contributed by atoms with Gasteiger partial charge in [0.1, 0.15) is 0 Å². The molecule has 3 nitrogen and oxygen atoms in total. The molecule has 0 radical (unpaired) electrons. The molecule has 0 atom stereocenters. The molecule has 0 aliphatic rings. The van der Waals surface area contributed by atoms with Crippen LogP contribution in [0.25, 0.3) is 0 Å². The Morgan fingerprint density at radius 3 is 2.85 bits per heavy atom. The first-order chi connectivity index (χ1) is 6.13. The second-order valence-corrected chi connectivity index (χ2v) is 3.46. The molecule has 0 aliphatic carbocycles. The number of hydrogen-bond donors (Lipinski definition) is 1. The lowest BCUT2D eigenvalue weighted by Crippen LogP contribution is -2.04. The predicted octanol–water partition coefficient (Wildman–Crippen LogP) is 1.75. The quantitative estimate of drug-likeness (QED) is 0.636. The summed E-state index contributed by atoms with van der Waals surface area (Å²) in [7, 11) is 1.37. The van der Waals surface area contributed by atoms with Crippen LogP contribution in [0.5, 0.6) is 0 Å². The van der Waals surface area contributed by atoms with Crippen LogP contribution in [0.4, 0.5) is 5.69 Å². The van der Waals surface area contributed by atoms with Gasteiger partial charge in [-0.2, -0.15) is 0 Å². The van der Waals surface area contributed by atoms with Crippen LogP contribution < -0.4 is 5.73 Å². The summed E-state index contributed by atoms with van der Waals surface area (Å²) >= 11 is 3.28. The number of esters is 1. The van der Waals surface area contributed by atoms with Gasteiger partial charge in [-0.3, -0.25) is 4.79 Å². The van der Waals surface area contributed by atoms with Crippen molar-refractivity contribution in [2.45, 2.75) is 6.42 Å². The van der Waals surface area contributed by atoms with Gasteiger partial charge in [0.05, 0.1) is 13.5 Å². The SMILES string of the molecule is COC(=O)Cc1ccc(N)c(Br)c1. The number of methoxy groups -OCH3 is 1. The summed E-state index contributed by atoms with van der Waals surface area (Å²) in [5.74, 6) is -0.253. The van der Waals surface area contributed by atoms with Crippen molar-refractivity contribution in [2.75, 3.05) is 12.8 Å². The van der Waals surface area contributed by atoms with Crippen molar-refractivity contribution in [3.8, 4) is 0 Å². The van der Waals surface area contributed by atoms with E-state index in [-0.39, 0.29) is 12.4 Å². The number of anilines is 1. The molecule has 0 fully saturated rings. The molecule has 0 heterocycles. The highest BCUT2D eigenvalue weighted by Gasteiger charge is 2.03. The van der Waals surface area contributed by atoms with E-state index in [9.17, 15) is 4.79 Å². The van der Waals surface area contributed by atoms with Crippen LogP contribution in [-0.4, -0.2) is 13.1 Å².